The summed E-state index contributed by atoms with van der Waals surface area (Å²) in [6.07, 6.45) is 2.11. The highest BCUT2D eigenvalue weighted by molar-refractivity contribution is 7.17. The summed E-state index contributed by atoms with van der Waals surface area (Å²) < 4.78 is 14.6. The molecule has 124 valence electrons. The fourth-order valence-electron chi connectivity index (χ4n) is 2.61. The summed E-state index contributed by atoms with van der Waals surface area (Å²) in [7, 11) is 0. The second-order valence-electron chi connectivity index (χ2n) is 5.56. The third kappa shape index (κ3) is 3.42. The van der Waals surface area contributed by atoms with E-state index in [1.807, 2.05) is 11.4 Å². The Hall–Kier alpha value is -3.03. The second kappa shape index (κ2) is 7.25. The van der Waals surface area contributed by atoms with Crippen molar-refractivity contribution in [2.75, 3.05) is 0 Å². The van der Waals surface area contributed by atoms with E-state index in [-0.39, 0.29) is 24.3 Å². The quantitative estimate of drug-likeness (QED) is 0.701. The van der Waals surface area contributed by atoms with Gasteiger partial charge in [-0.15, -0.1) is 11.3 Å². The molecular formula is C18H13FN4OS. The molecule has 0 aliphatic carbocycles. The molecule has 0 fully saturated rings. The SMILES string of the molecule is N#CCC[C@H](C#N)Cn1cnc2scc(-c3ccc(F)cc3)c2c1=O. The molecule has 0 N–H and O–H groups in total. The molecule has 0 amide bonds. The minimum Gasteiger partial charge on any atom is -0.297 e. The predicted octanol–water partition coefficient (Wildman–Crippen LogP) is 3.71. The average molecular weight is 352 g/mol. The van der Waals surface area contributed by atoms with Crippen molar-refractivity contribution in [2.24, 2.45) is 5.92 Å². The number of nitriles is 2. The monoisotopic (exact) mass is 352 g/mol. The normalized spacial score (nSPS) is 11.8. The lowest BCUT2D eigenvalue weighted by Gasteiger charge is -2.10. The van der Waals surface area contributed by atoms with Crippen LogP contribution in [0, 0.1) is 34.4 Å². The van der Waals surface area contributed by atoms with Crippen LogP contribution in [0.2, 0.25) is 0 Å². The third-order valence-corrected chi connectivity index (χ3v) is 4.81. The maximum absolute atomic E-state index is 13.1. The van der Waals surface area contributed by atoms with Crippen molar-refractivity contribution >= 4 is 21.6 Å². The van der Waals surface area contributed by atoms with Gasteiger partial charge in [-0.3, -0.25) is 9.36 Å². The molecule has 0 saturated heterocycles. The number of aromatic nitrogens is 2. The number of benzene rings is 1. The molecule has 3 aromatic rings. The molecule has 7 heteroatoms. The molecule has 0 radical (unpaired) electrons. The number of hydrogen-bond acceptors (Lipinski definition) is 5. The molecule has 1 aromatic carbocycles. The minimum absolute atomic E-state index is 0.193. The Morgan fingerprint density at radius 3 is 2.72 bits per heavy atom. The van der Waals surface area contributed by atoms with E-state index in [2.05, 4.69) is 11.1 Å². The Labute approximate surface area is 147 Å². The molecular weight excluding hydrogens is 339 g/mol. The van der Waals surface area contributed by atoms with E-state index in [9.17, 15) is 14.4 Å². The molecule has 0 bridgehead atoms. The van der Waals surface area contributed by atoms with Crippen molar-refractivity contribution in [1.82, 2.24) is 9.55 Å². The first-order valence-corrected chi connectivity index (χ1v) is 8.51. The van der Waals surface area contributed by atoms with Crippen molar-refractivity contribution in [1.29, 1.82) is 10.5 Å². The predicted molar refractivity (Wildman–Crippen MR) is 93.2 cm³/mol. The van der Waals surface area contributed by atoms with Crippen molar-refractivity contribution in [3.8, 4) is 23.3 Å². The first-order chi connectivity index (χ1) is 12.1. The highest BCUT2D eigenvalue weighted by Crippen LogP contribution is 2.30. The summed E-state index contributed by atoms with van der Waals surface area (Å²) in [4.78, 5) is 17.8. The maximum atomic E-state index is 13.1. The Bertz CT molecular complexity index is 1040. The van der Waals surface area contributed by atoms with Crippen LogP contribution < -0.4 is 5.56 Å². The zero-order valence-electron chi connectivity index (χ0n) is 13.1. The van der Waals surface area contributed by atoms with Crippen LogP contribution >= 0.6 is 11.3 Å². The number of thiophene rings is 1. The number of fused-ring (bicyclic) bond motifs is 1. The van der Waals surface area contributed by atoms with Gasteiger partial charge in [0.15, 0.2) is 0 Å². The summed E-state index contributed by atoms with van der Waals surface area (Å²) in [5.74, 6) is -0.766. The summed E-state index contributed by atoms with van der Waals surface area (Å²) in [5.41, 5.74) is 1.21. The number of rotatable bonds is 5. The highest BCUT2D eigenvalue weighted by atomic mass is 32.1. The lowest BCUT2D eigenvalue weighted by atomic mass is 10.0. The summed E-state index contributed by atoms with van der Waals surface area (Å²) in [6, 6.07) is 10.1. The topological polar surface area (TPSA) is 82.5 Å². The van der Waals surface area contributed by atoms with Crippen LogP contribution in [0.3, 0.4) is 0 Å². The van der Waals surface area contributed by atoms with Gasteiger partial charge >= 0.3 is 0 Å². The van der Waals surface area contributed by atoms with Gasteiger partial charge in [-0.05, 0) is 24.1 Å². The zero-order chi connectivity index (χ0) is 17.8. The van der Waals surface area contributed by atoms with E-state index in [1.165, 1.54) is 34.4 Å². The van der Waals surface area contributed by atoms with Crippen LogP contribution in [-0.4, -0.2) is 9.55 Å². The van der Waals surface area contributed by atoms with E-state index in [0.29, 0.717) is 22.2 Å². The number of hydrogen-bond donors (Lipinski definition) is 0. The fourth-order valence-corrected chi connectivity index (χ4v) is 3.52. The van der Waals surface area contributed by atoms with Gasteiger partial charge in [-0.25, -0.2) is 9.37 Å². The van der Waals surface area contributed by atoms with Crippen LogP contribution in [-0.2, 0) is 6.54 Å². The molecule has 0 aliphatic heterocycles. The molecule has 25 heavy (non-hydrogen) atoms. The Morgan fingerprint density at radius 2 is 2.04 bits per heavy atom. The van der Waals surface area contributed by atoms with E-state index in [4.69, 9.17) is 5.26 Å². The lowest BCUT2D eigenvalue weighted by molar-refractivity contribution is 0.499. The average Bonchev–Trinajstić information content (AvgIpc) is 3.06. The zero-order valence-corrected chi connectivity index (χ0v) is 14.0. The first kappa shape index (κ1) is 16.8. The van der Waals surface area contributed by atoms with Crippen LogP contribution in [0.4, 0.5) is 4.39 Å². The molecule has 0 unspecified atom stereocenters. The van der Waals surface area contributed by atoms with Gasteiger partial charge in [-0.1, -0.05) is 12.1 Å². The second-order valence-corrected chi connectivity index (χ2v) is 6.42. The first-order valence-electron chi connectivity index (χ1n) is 7.63. The minimum atomic E-state index is -0.426. The van der Waals surface area contributed by atoms with Gasteiger partial charge < -0.3 is 0 Å². The molecule has 1 atom stereocenters. The van der Waals surface area contributed by atoms with E-state index in [1.54, 1.807) is 12.1 Å². The van der Waals surface area contributed by atoms with Crippen LogP contribution in [0.25, 0.3) is 21.3 Å². The van der Waals surface area contributed by atoms with Gasteiger partial charge in [-0.2, -0.15) is 10.5 Å². The molecule has 2 heterocycles. The van der Waals surface area contributed by atoms with Crippen molar-refractivity contribution < 1.29 is 4.39 Å². The van der Waals surface area contributed by atoms with E-state index in [0.717, 1.165) is 5.56 Å². The van der Waals surface area contributed by atoms with Crippen LogP contribution in [0.1, 0.15) is 12.8 Å². The van der Waals surface area contributed by atoms with E-state index < -0.39 is 5.92 Å². The molecule has 0 spiro atoms. The maximum Gasteiger partial charge on any atom is 0.262 e. The molecule has 0 saturated carbocycles. The van der Waals surface area contributed by atoms with Gasteiger partial charge in [0.05, 0.1) is 29.8 Å². The summed E-state index contributed by atoms with van der Waals surface area (Å²) >= 11 is 1.35. The van der Waals surface area contributed by atoms with Crippen molar-refractivity contribution in [3.05, 3.63) is 52.1 Å². The molecule has 5 nitrogen and oxygen atoms in total. The van der Waals surface area contributed by atoms with Crippen molar-refractivity contribution in [3.63, 3.8) is 0 Å². The largest absolute Gasteiger partial charge is 0.297 e. The van der Waals surface area contributed by atoms with Gasteiger partial charge in [0.1, 0.15) is 10.6 Å². The summed E-state index contributed by atoms with van der Waals surface area (Å²) in [5, 5.41) is 20.2. The molecule has 3 rings (SSSR count). The number of halogens is 1. The third-order valence-electron chi connectivity index (χ3n) is 3.92. The number of nitrogens with zero attached hydrogens (tertiary/aromatic N) is 4. The summed E-state index contributed by atoms with van der Waals surface area (Å²) in [6.45, 7) is 0.193. The van der Waals surface area contributed by atoms with Crippen LogP contribution in [0.5, 0.6) is 0 Å². The Morgan fingerprint density at radius 1 is 1.28 bits per heavy atom. The van der Waals surface area contributed by atoms with E-state index >= 15 is 0 Å². The van der Waals surface area contributed by atoms with Crippen LogP contribution in [0.15, 0.2) is 40.8 Å². The lowest BCUT2D eigenvalue weighted by Crippen LogP contribution is -2.24. The molecule has 2 aromatic heterocycles. The van der Waals surface area contributed by atoms with Crippen molar-refractivity contribution in [2.45, 2.75) is 19.4 Å². The fraction of sp³-hybridized carbons (Fsp3) is 0.222. The van der Waals surface area contributed by atoms with Gasteiger partial charge in [0.2, 0.25) is 0 Å². The smallest absolute Gasteiger partial charge is 0.262 e. The standard InChI is InChI=1S/C18H13FN4OS/c19-14-5-3-13(4-6-14)15-10-25-17-16(15)18(24)23(11-22-17)9-12(8-21)2-1-7-20/h3-6,10-12H,1-2,9H2/t12-/m1/s1. The van der Waals surface area contributed by atoms with Gasteiger partial charge in [0, 0.05) is 23.9 Å². The Kier molecular flexibility index (Phi) is 4.87. The highest BCUT2D eigenvalue weighted by Gasteiger charge is 2.16. The Balaban J connectivity index is 2.03. The van der Waals surface area contributed by atoms with Gasteiger partial charge in [0.25, 0.3) is 5.56 Å². The molecule has 0 aliphatic rings.